The predicted octanol–water partition coefficient (Wildman–Crippen LogP) is 2.34. The van der Waals surface area contributed by atoms with E-state index in [4.69, 9.17) is 18.9 Å². The molecule has 0 heterocycles. The smallest absolute Gasteiger partial charge is 0.407 e. The highest BCUT2D eigenvalue weighted by atomic mass is 16.6. The standard InChI is InChI=1S/C18H25NO7/c1-18(2,3)26-17(22)19-9-8-16(21)25-11-14(20)13-10-12(23-4)6-7-15(13)24-5/h6-7,10H,8-9,11H2,1-5H3,(H,19,22). The van der Waals surface area contributed by atoms with Crippen LogP contribution in [-0.2, 0) is 14.3 Å². The molecular formula is C18H25NO7. The van der Waals surface area contributed by atoms with Crippen LogP contribution in [0.2, 0.25) is 0 Å². The van der Waals surface area contributed by atoms with Gasteiger partial charge < -0.3 is 24.3 Å². The molecule has 0 bridgehead atoms. The fraction of sp³-hybridized carbons (Fsp3) is 0.500. The summed E-state index contributed by atoms with van der Waals surface area (Å²) < 4.78 is 20.2. The Labute approximate surface area is 152 Å². The highest BCUT2D eigenvalue weighted by molar-refractivity contribution is 6.00. The average Bonchev–Trinajstić information content (AvgIpc) is 2.57. The maximum Gasteiger partial charge on any atom is 0.407 e. The number of carbonyl (C=O) groups is 3. The van der Waals surface area contributed by atoms with Gasteiger partial charge in [0.25, 0.3) is 0 Å². The predicted molar refractivity (Wildman–Crippen MR) is 93.7 cm³/mol. The molecule has 8 heteroatoms. The zero-order valence-electron chi connectivity index (χ0n) is 15.7. The largest absolute Gasteiger partial charge is 0.497 e. The van der Waals surface area contributed by atoms with Crippen molar-refractivity contribution >= 4 is 17.8 Å². The zero-order chi connectivity index (χ0) is 19.7. The van der Waals surface area contributed by atoms with E-state index in [0.717, 1.165) is 0 Å². The van der Waals surface area contributed by atoms with Crippen molar-refractivity contribution in [3.8, 4) is 11.5 Å². The van der Waals surface area contributed by atoms with E-state index in [0.29, 0.717) is 11.5 Å². The van der Waals surface area contributed by atoms with Gasteiger partial charge >= 0.3 is 12.1 Å². The first-order chi connectivity index (χ1) is 12.2. The number of alkyl carbamates (subject to hydrolysis) is 1. The van der Waals surface area contributed by atoms with Crippen LogP contribution < -0.4 is 14.8 Å². The van der Waals surface area contributed by atoms with Crippen molar-refractivity contribution in [1.82, 2.24) is 5.32 Å². The van der Waals surface area contributed by atoms with Gasteiger partial charge in [-0.25, -0.2) is 4.79 Å². The van der Waals surface area contributed by atoms with Crippen molar-refractivity contribution in [1.29, 1.82) is 0 Å². The number of ether oxygens (including phenoxy) is 4. The molecule has 0 fully saturated rings. The van der Waals surface area contributed by atoms with Crippen molar-refractivity contribution in [2.24, 2.45) is 0 Å². The lowest BCUT2D eigenvalue weighted by Crippen LogP contribution is -2.33. The first-order valence-corrected chi connectivity index (χ1v) is 8.04. The Morgan fingerprint density at radius 2 is 1.77 bits per heavy atom. The lowest BCUT2D eigenvalue weighted by molar-refractivity contribution is -0.142. The molecule has 0 aliphatic carbocycles. The van der Waals surface area contributed by atoms with Crippen molar-refractivity contribution in [2.75, 3.05) is 27.4 Å². The van der Waals surface area contributed by atoms with Gasteiger partial charge in [0, 0.05) is 6.54 Å². The molecule has 1 rings (SSSR count). The van der Waals surface area contributed by atoms with Crippen LogP contribution in [0.1, 0.15) is 37.6 Å². The van der Waals surface area contributed by atoms with Gasteiger partial charge in [0.1, 0.15) is 17.1 Å². The number of ketones is 1. The van der Waals surface area contributed by atoms with Gasteiger partial charge in [0.05, 0.1) is 26.2 Å². The monoisotopic (exact) mass is 367 g/mol. The summed E-state index contributed by atoms with van der Waals surface area (Å²) in [5.74, 6) is -0.189. The van der Waals surface area contributed by atoms with Crippen LogP contribution in [0.4, 0.5) is 4.79 Å². The van der Waals surface area contributed by atoms with Gasteiger partial charge in [0.2, 0.25) is 5.78 Å². The number of hydrogen-bond acceptors (Lipinski definition) is 7. The Balaban J connectivity index is 2.45. The molecule has 0 saturated heterocycles. The van der Waals surface area contributed by atoms with Crippen molar-refractivity contribution in [3.63, 3.8) is 0 Å². The van der Waals surface area contributed by atoms with Crippen molar-refractivity contribution in [2.45, 2.75) is 32.8 Å². The van der Waals surface area contributed by atoms with E-state index >= 15 is 0 Å². The molecule has 0 aliphatic rings. The topological polar surface area (TPSA) is 100 Å². The maximum atomic E-state index is 12.2. The van der Waals surface area contributed by atoms with Gasteiger partial charge in [-0.15, -0.1) is 0 Å². The van der Waals surface area contributed by atoms with E-state index in [1.165, 1.54) is 20.3 Å². The fourth-order valence-corrected chi connectivity index (χ4v) is 1.91. The molecule has 1 N–H and O–H groups in total. The lowest BCUT2D eigenvalue weighted by atomic mass is 10.1. The minimum atomic E-state index is -0.623. The number of benzene rings is 1. The third-order valence-corrected chi connectivity index (χ3v) is 3.07. The minimum absolute atomic E-state index is 0.0460. The number of hydrogen-bond donors (Lipinski definition) is 1. The van der Waals surface area contributed by atoms with E-state index in [2.05, 4.69) is 5.32 Å². The summed E-state index contributed by atoms with van der Waals surface area (Å²) in [6.07, 6.45) is -0.704. The van der Waals surface area contributed by atoms with E-state index in [-0.39, 0.29) is 18.5 Å². The lowest BCUT2D eigenvalue weighted by Gasteiger charge is -2.19. The van der Waals surface area contributed by atoms with Gasteiger partial charge in [-0.05, 0) is 39.0 Å². The quantitative estimate of drug-likeness (QED) is 0.556. The van der Waals surface area contributed by atoms with Crippen LogP contribution in [0.5, 0.6) is 11.5 Å². The Morgan fingerprint density at radius 3 is 2.35 bits per heavy atom. The Kier molecular flexibility index (Phi) is 7.89. The second-order valence-electron chi connectivity index (χ2n) is 6.33. The third-order valence-electron chi connectivity index (χ3n) is 3.07. The van der Waals surface area contributed by atoms with Crippen LogP contribution in [0.3, 0.4) is 0 Å². The molecule has 1 aromatic carbocycles. The normalized spacial score (nSPS) is 10.7. The molecule has 26 heavy (non-hydrogen) atoms. The summed E-state index contributed by atoms with van der Waals surface area (Å²) in [4.78, 5) is 35.4. The Hall–Kier alpha value is -2.77. The van der Waals surface area contributed by atoms with E-state index in [9.17, 15) is 14.4 Å². The van der Waals surface area contributed by atoms with Crippen molar-refractivity contribution in [3.05, 3.63) is 23.8 Å². The highest BCUT2D eigenvalue weighted by Crippen LogP contribution is 2.24. The van der Waals surface area contributed by atoms with E-state index in [1.54, 1.807) is 32.9 Å². The zero-order valence-corrected chi connectivity index (χ0v) is 15.7. The second-order valence-corrected chi connectivity index (χ2v) is 6.33. The Bertz CT molecular complexity index is 649. The SMILES string of the molecule is COc1ccc(OC)c(C(=O)COC(=O)CCNC(=O)OC(C)(C)C)c1. The molecule has 0 aromatic heterocycles. The number of methoxy groups -OCH3 is 2. The number of amides is 1. The molecule has 0 spiro atoms. The third kappa shape index (κ3) is 7.42. The molecule has 8 nitrogen and oxygen atoms in total. The molecule has 1 aromatic rings. The average molecular weight is 367 g/mol. The number of esters is 1. The van der Waals surface area contributed by atoms with Crippen LogP contribution in [0.15, 0.2) is 18.2 Å². The molecule has 0 atom stereocenters. The molecular weight excluding hydrogens is 342 g/mol. The molecule has 144 valence electrons. The van der Waals surface area contributed by atoms with E-state index < -0.39 is 30.1 Å². The summed E-state index contributed by atoms with van der Waals surface area (Å²) >= 11 is 0. The molecule has 0 radical (unpaired) electrons. The molecule has 0 aliphatic heterocycles. The minimum Gasteiger partial charge on any atom is -0.497 e. The first-order valence-electron chi connectivity index (χ1n) is 8.04. The molecule has 1 amide bonds. The summed E-state index contributed by atoms with van der Waals surface area (Å²) in [7, 11) is 2.92. The van der Waals surface area contributed by atoms with Gasteiger partial charge in [-0.2, -0.15) is 0 Å². The van der Waals surface area contributed by atoms with Crippen LogP contribution in [0, 0.1) is 0 Å². The fourth-order valence-electron chi connectivity index (χ4n) is 1.91. The number of rotatable bonds is 8. The highest BCUT2D eigenvalue weighted by Gasteiger charge is 2.17. The molecule has 0 unspecified atom stereocenters. The molecule has 0 saturated carbocycles. The summed E-state index contributed by atoms with van der Waals surface area (Å²) in [6.45, 7) is 4.82. The maximum absolute atomic E-state index is 12.2. The van der Waals surface area contributed by atoms with Gasteiger partial charge in [0.15, 0.2) is 6.61 Å². The second kappa shape index (κ2) is 9.65. The Morgan fingerprint density at radius 1 is 1.08 bits per heavy atom. The van der Waals surface area contributed by atoms with Gasteiger partial charge in [-0.3, -0.25) is 9.59 Å². The van der Waals surface area contributed by atoms with E-state index in [1.807, 2.05) is 0 Å². The van der Waals surface area contributed by atoms with Crippen molar-refractivity contribution < 1.29 is 33.3 Å². The number of nitrogens with one attached hydrogen (secondary N) is 1. The first kappa shape index (κ1) is 21.3. The summed E-state index contributed by atoms with van der Waals surface area (Å²) in [5.41, 5.74) is -0.362. The number of carbonyl (C=O) groups excluding carboxylic acids is 3. The summed E-state index contributed by atoms with van der Waals surface area (Å²) in [6, 6.07) is 4.77. The van der Waals surface area contributed by atoms with Crippen LogP contribution in [0.25, 0.3) is 0 Å². The van der Waals surface area contributed by atoms with Crippen LogP contribution in [-0.4, -0.2) is 50.8 Å². The van der Waals surface area contributed by atoms with Gasteiger partial charge in [-0.1, -0.05) is 0 Å². The number of Topliss-reactive ketones (excluding diaryl/α,β-unsaturated/α-hetero) is 1. The van der Waals surface area contributed by atoms with Crippen LogP contribution >= 0.6 is 0 Å². The summed E-state index contributed by atoms with van der Waals surface area (Å²) in [5, 5.41) is 2.44.